The maximum absolute atomic E-state index is 4.78. The summed E-state index contributed by atoms with van der Waals surface area (Å²) >= 11 is 0. The molecule has 1 saturated heterocycles. The van der Waals surface area contributed by atoms with E-state index >= 15 is 0 Å². The standard InChI is InChI=1S/C27H29N7/c1-5-22(23-8-6-7-9-25(23)28-4)24-16-32-33-17-21(15-31-27(24)33)20-10-11-26(30-14-20)34-18(2)12-29-13-19(34)3/h5-11,14-19,29H,4,12-13H2,1-3H3/b22-5+/t18-,19+. The Kier molecular flexibility index (Phi) is 5.94. The summed E-state index contributed by atoms with van der Waals surface area (Å²) in [5, 5.41) is 8.07. The number of benzene rings is 1. The summed E-state index contributed by atoms with van der Waals surface area (Å²) in [6.45, 7) is 12.1. The smallest absolute Gasteiger partial charge is 0.162 e. The molecule has 0 radical (unpaired) electrons. The zero-order chi connectivity index (χ0) is 23.7. The van der Waals surface area contributed by atoms with Crippen LogP contribution in [0.5, 0.6) is 0 Å². The number of pyridine rings is 1. The van der Waals surface area contributed by atoms with Crippen LogP contribution in [0.1, 0.15) is 31.9 Å². The van der Waals surface area contributed by atoms with E-state index in [2.05, 4.69) is 59.1 Å². The number of piperazine rings is 1. The van der Waals surface area contributed by atoms with Crippen molar-refractivity contribution < 1.29 is 0 Å². The highest BCUT2D eigenvalue weighted by Gasteiger charge is 2.25. The largest absolute Gasteiger partial charge is 0.349 e. The topological polar surface area (TPSA) is 70.7 Å². The van der Waals surface area contributed by atoms with Crippen molar-refractivity contribution in [1.82, 2.24) is 24.9 Å². The molecule has 7 nitrogen and oxygen atoms in total. The molecule has 3 aromatic heterocycles. The quantitative estimate of drug-likeness (QED) is 0.443. The van der Waals surface area contributed by atoms with Crippen LogP contribution in [0.4, 0.5) is 11.5 Å². The van der Waals surface area contributed by atoms with E-state index in [4.69, 9.17) is 9.97 Å². The van der Waals surface area contributed by atoms with Crippen LogP contribution in [0.25, 0.3) is 22.3 Å². The van der Waals surface area contributed by atoms with Gasteiger partial charge in [-0.3, -0.25) is 4.99 Å². The Morgan fingerprint density at radius 2 is 1.76 bits per heavy atom. The highest BCUT2D eigenvalue weighted by molar-refractivity contribution is 5.90. The number of nitrogens with zero attached hydrogens (tertiary/aromatic N) is 6. The lowest BCUT2D eigenvalue weighted by atomic mass is 9.98. The molecule has 0 bridgehead atoms. The molecule has 0 unspecified atom stereocenters. The van der Waals surface area contributed by atoms with Crippen LogP contribution in [0, 0.1) is 0 Å². The van der Waals surface area contributed by atoms with E-state index in [1.807, 2.05) is 60.5 Å². The second kappa shape index (κ2) is 9.19. The third kappa shape index (κ3) is 3.88. The van der Waals surface area contributed by atoms with Gasteiger partial charge in [0.25, 0.3) is 0 Å². The molecule has 1 fully saturated rings. The Morgan fingerprint density at radius 3 is 2.47 bits per heavy atom. The van der Waals surface area contributed by atoms with Gasteiger partial charge in [-0.2, -0.15) is 5.10 Å². The number of nitrogens with one attached hydrogen (secondary N) is 1. The minimum absolute atomic E-state index is 0.407. The normalized spacial score (nSPS) is 18.9. The second-order valence-corrected chi connectivity index (χ2v) is 8.72. The van der Waals surface area contributed by atoms with Crippen LogP contribution in [0.3, 0.4) is 0 Å². The molecule has 34 heavy (non-hydrogen) atoms. The first-order valence-electron chi connectivity index (χ1n) is 11.6. The minimum atomic E-state index is 0.407. The van der Waals surface area contributed by atoms with Crippen molar-refractivity contribution in [2.75, 3.05) is 18.0 Å². The maximum atomic E-state index is 4.78. The van der Waals surface area contributed by atoms with E-state index < -0.39 is 0 Å². The van der Waals surface area contributed by atoms with Gasteiger partial charge in [-0.15, -0.1) is 0 Å². The second-order valence-electron chi connectivity index (χ2n) is 8.72. The lowest BCUT2D eigenvalue weighted by molar-refractivity contribution is 0.429. The first kappa shape index (κ1) is 22.0. The zero-order valence-corrected chi connectivity index (χ0v) is 19.8. The van der Waals surface area contributed by atoms with Crippen molar-refractivity contribution in [2.24, 2.45) is 4.99 Å². The van der Waals surface area contributed by atoms with Crippen molar-refractivity contribution in [3.05, 3.63) is 78.4 Å². The van der Waals surface area contributed by atoms with E-state index in [1.165, 1.54) is 0 Å². The van der Waals surface area contributed by atoms with Gasteiger partial charge in [0.15, 0.2) is 5.65 Å². The molecule has 0 amide bonds. The number of para-hydroxylation sites is 1. The van der Waals surface area contributed by atoms with Crippen LogP contribution in [-0.2, 0) is 0 Å². The van der Waals surface area contributed by atoms with Gasteiger partial charge in [0.1, 0.15) is 5.82 Å². The number of fused-ring (bicyclic) bond motifs is 1. The number of rotatable bonds is 5. The SMILES string of the molecule is C=Nc1ccccc1/C(=C\C)c1cnn2cc(-c3ccc(N4[C@H](C)CNC[C@@H]4C)nc3)cnc12. The molecule has 0 spiro atoms. The molecule has 0 aliphatic carbocycles. The third-order valence-electron chi connectivity index (χ3n) is 6.47. The lowest BCUT2D eigenvalue weighted by Crippen LogP contribution is -2.55. The Labute approximate surface area is 199 Å². The van der Waals surface area contributed by atoms with Gasteiger partial charge in [-0.25, -0.2) is 14.5 Å². The van der Waals surface area contributed by atoms with E-state index in [9.17, 15) is 0 Å². The van der Waals surface area contributed by atoms with Crippen molar-refractivity contribution in [2.45, 2.75) is 32.9 Å². The van der Waals surface area contributed by atoms with Gasteiger partial charge >= 0.3 is 0 Å². The summed E-state index contributed by atoms with van der Waals surface area (Å²) in [6.07, 6.45) is 9.74. The van der Waals surface area contributed by atoms with Crippen LogP contribution >= 0.6 is 0 Å². The Hall–Kier alpha value is -3.84. The van der Waals surface area contributed by atoms with Crippen molar-refractivity contribution in [3.8, 4) is 11.1 Å². The fraction of sp³-hybridized carbons (Fsp3) is 0.259. The average Bonchev–Trinajstić information content (AvgIpc) is 3.28. The molecule has 172 valence electrons. The van der Waals surface area contributed by atoms with E-state index in [1.54, 1.807) is 0 Å². The summed E-state index contributed by atoms with van der Waals surface area (Å²) in [4.78, 5) is 16.1. The van der Waals surface area contributed by atoms with Crippen molar-refractivity contribution >= 4 is 29.4 Å². The first-order chi connectivity index (χ1) is 16.6. The van der Waals surface area contributed by atoms with Crippen LogP contribution in [0.15, 0.2) is 72.3 Å². The van der Waals surface area contributed by atoms with E-state index in [0.29, 0.717) is 12.1 Å². The van der Waals surface area contributed by atoms with Crippen molar-refractivity contribution in [1.29, 1.82) is 0 Å². The lowest BCUT2D eigenvalue weighted by Gasteiger charge is -2.40. The number of allylic oxidation sites excluding steroid dienone is 1. The molecular formula is C27H29N7. The highest BCUT2D eigenvalue weighted by Crippen LogP contribution is 2.33. The minimum Gasteiger partial charge on any atom is -0.349 e. The molecule has 0 saturated carbocycles. The predicted octanol–water partition coefficient (Wildman–Crippen LogP) is 4.76. The molecule has 4 heterocycles. The molecule has 4 aromatic rings. The molecule has 1 aliphatic rings. The number of hydrogen-bond acceptors (Lipinski definition) is 6. The maximum Gasteiger partial charge on any atom is 0.162 e. The van der Waals surface area contributed by atoms with Gasteiger partial charge in [-0.1, -0.05) is 24.3 Å². The fourth-order valence-corrected chi connectivity index (χ4v) is 4.80. The molecule has 1 N–H and O–H groups in total. The van der Waals surface area contributed by atoms with Gasteiger partial charge in [0, 0.05) is 66.0 Å². The number of anilines is 1. The van der Waals surface area contributed by atoms with E-state index in [0.717, 1.165) is 58.1 Å². The molecule has 1 aromatic carbocycles. The van der Waals surface area contributed by atoms with Gasteiger partial charge in [0.05, 0.1) is 11.9 Å². The zero-order valence-electron chi connectivity index (χ0n) is 19.8. The Bertz CT molecular complexity index is 1340. The molecule has 7 heteroatoms. The summed E-state index contributed by atoms with van der Waals surface area (Å²) in [5.41, 5.74) is 6.62. The molecule has 1 aliphatic heterocycles. The summed E-state index contributed by atoms with van der Waals surface area (Å²) < 4.78 is 1.83. The number of aromatic nitrogens is 4. The monoisotopic (exact) mass is 451 g/mol. The third-order valence-corrected chi connectivity index (χ3v) is 6.47. The van der Waals surface area contributed by atoms with Crippen LogP contribution in [-0.4, -0.2) is 51.5 Å². The summed E-state index contributed by atoms with van der Waals surface area (Å²) in [5.74, 6) is 1.01. The van der Waals surface area contributed by atoms with E-state index in [-0.39, 0.29) is 0 Å². The summed E-state index contributed by atoms with van der Waals surface area (Å²) in [6, 6.07) is 13.0. The predicted molar refractivity (Wildman–Crippen MR) is 139 cm³/mol. The van der Waals surface area contributed by atoms with Crippen LogP contribution in [0.2, 0.25) is 0 Å². The first-order valence-corrected chi connectivity index (χ1v) is 11.6. The fourth-order valence-electron chi connectivity index (χ4n) is 4.80. The number of aliphatic imine (C=N–C) groups is 1. The van der Waals surface area contributed by atoms with Crippen LogP contribution < -0.4 is 10.2 Å². The molecular weight excluding hydrogens is 422 g/mol. The summed E-state index contributed by atoms with van der Waals surface area (Å²) in [7, 11) is 0. The Balaban J connectivity index is 1.46. The molecule has 5 rings (SSSR count). The Morgan fingerprint density at radius 1 is 1.00 bits per heavy atom. The highest BCUT2D eigenvalue weighted by atomic mass is 15.3. The molecule has 2 atom stereocenters. The van der Waals surface area contributed by atoms with Gasteiger partial charge in [-0.05, 0) is 51.3 Å². The van der Waals surface area contributed by atoms with Gasteiger partial charge in [0.2, 0.25) is 0 Å². The average molecular weight is 452 g/mol. The van der Waals surface area contributed by atoms with Gasteiger partial charge < -0.3 is 10.2 Å². The van der Waals surface area contributed by atoms with Crippen molar-refractivity contribution in [3.63, 3.8) is 0 Å². The number of hydrogen-bond donors (Lipinski definition) is 1.